The molecule has 26 heavy (non-hydrogen) atoms. The molecule has 138 valence electrons. The van der Waals surface area contributed by atoms with Crippen molar-refractivity contribution in [3.63, 3.8) is 0 Å². The minimum atomic E-state index is -1.14. The molecule has 2 rings (SSSR count). The lowest BCUT2D eigenvalue weighted by Gasteiger charge is -2.13. The van der Waals surface area contributed by atoms with Gasteiger partial charge in [0.25, 0.3) is 0 Å². The van der Waals surface area contributed by atoms with Crippen LogP contribution in [0.3, 0.4) is 0 Å². The Morgan fingerprint density at radius 3 is 2.31 bits per heavy atom. The quantitative estimate of drug-likeness (QED) is 0.679. The number of aliphatic hydroxyl groups is 1. The Labute approximate surface area is 149 Å². The highest BCUT2D eigenvalue weighted by Gasteiger charge is 2.17. The van der Waals surface area contributed by atoms with Crippen LogP contribution >= 0.6 is 0 Å². The predicted molar refractivity (Wildman–Crippen MR) is 92.5 cm³/mol. The van der Waals surface area contributed by atoms with E-state index in [1.807, 2.05) is 0 Å². The van der Waals surface area contributed by atoms with Crippen LogP contribution in [0.15, 0.2) is 42.5 Å². The number of ether oxygens (including phenoxy) is 2. The van der Waals surface area contributed by atoms with E-state index < -0.39 is 23.7 Å². The molecular formula is C18H19FN2O5. The van der Waals surface area contributed by atoms with Crippen molar-refractivity contribution in [2.45, 2.75) is 6.10 Å². The van der Waals surface area contributed by atoms with Crippen LogP contribution < -0.4 is 20.1 Å². The number of aliphatic hydroxyl groups excluding tert-OH is 1. The molecule has 0 aliphatic rings. The molecule has 8 heteroatoms. The number of anilines is 1. The first-order chi connectivity index (χ1) is 12.4. The molecule has 2 aromatic rings. The number of rotatable bonds is 6. The molecule has 7 nitrogen and oxygen atoms in total. The van der Waals surface area contributed by atoms with Gasteiger partial charge in [0.1, 0.15) is 17.3 Å². The second-order valence-electron chi connectivity index (χ2n) is 5.34. The Kier molecular flexibility index (Phi) is 6.51. The van der Waals surface area contributed by atoms with Crippen LogP contribution in [0.5, 0.6) is 11.5 Å². The molecule has 3 N–H and O–H groups in total. The van der Waals surface area contributed by atoms with E-state index in [4.69, 9.17) is 9.47 Å². The number of nitrogens with one attached hydrogen (secondary N) is 2. The summed E-state index contributed by atoms with van der Waals surface area (Å²) in [5.74, 6) is -1.48. The first kappa shape index (κ1) is 19.2. The van der Waals surface area contributed by atoms with Gasteiger partial charge in [-0.3, -0.25) is 9.59 Å². The van der Waals surface area contributed by atoms with Crippen molar-refractivity contribution in [2.75, 3.05) is 26.1 Å². The highest BCUT2D eigenvalue weighted by molar-refractivity contribution is 6.39. The Bertz CT molecular complexity index is 775. The molecule has 0 bridgehead atoms. The summed E-state index contributed by atoms with van der Waals surface area (Å²) in [7, 11) is 2.92. The Morgan fingerprint density at radius 1 is 1.08 bits per heavy atom. The highest BCUT2D eigenvalue weighted by atomic mass is 19.1. The van der Waals surface area contributed by atoms with Gasteiger partial charge in [-0.1, -0.05) is 12.1 Å². The van der Waals surface area contributed by atoms with Crippen LogP contribution in [0, 0.1) is 5.82 Å². The van der Waals surface area contributed by atoms with Crippen molar-refractivity contribution >= 4 is 17.5 Å². The molecule has 0 heterocycles. The van der Waals surface area contributed by atoms with Gasteiger partial charge >= 0.3 is 11.8 Å². The van der Waals surface area contributed by atoms with Gasteiger partial charge in [-0.2, -0.15) is 0 Å². The molecule has 0 aliphatic carbocycles. The van der Waals surface area contributed by atoms with Crippen LogP contribution in [-0.4, -0.2) is 37.7 Å². The van der Waals surface area contributed by atoms with E-state index in [2.05, 4.69) is 10.6 Å². The molecule has 0 saturated carbocycles. The fourth-order valence-corrected chi connectivity index (χ4v) is 2.17. The summed E-state index contributed by atoms with van der Waals surface area (Å²) < 4.78 is 23.3. The second-order valence-corrected chi connectivity index (χ2v) is 5.34. The van der Waals surface area contributed by atoms with E-state index in [1.165, 1.54) is 44.6 Å². The molecule has 0 saturated heterocycles. The summed E-state index contributed by atoms with van der Waals surface area (Å²) in [6, 6.07) is 10.0. The second kappa shape index (κ2) is 8.82. The number of amides is 2. The summed E-state index contributed by atoms with van der Waals surface area (Å²) in [4.78, 5) is 23.9. The van der Waals surface area contributed by atoms with Gasteiger partial charge in [0.15, 0.2) is 0 Å². The van der Waals surface area contributed by atoms with Crippen molar-refractivity contribution in [1.29, 1.82) is 0 Å². The summed E-state index contributed by atoms with van der Waals surface area (Å²) in [5, 5.41) is 14.7. The van der Waals surface area contributed by atoms with E-state index >= 15 is 0 Å². The fourth-order valence-electron chi connectivity index (χ4n) is 2.17. The first-order valence-electron chi connectivity index (χ1n) is 7.68. The van der Waals surface area contributed by atoms with Crippen molar-refractivity contribution < 1.29 is 28.6 Å². The summed E-state index contributed by atoms with van der Waals surface area (Å²) >= 11 is 0. The van der Waals surface area contributed by atoms with Crippen molar-refractivity contribution in [1.82, 2.24) is 5.32 Å². The molecule has 0 fully saturated rings. The minimum absolute atomic E-state index is 0.239. The minimum Gasteiger partial charge on any atom is -0.497 e. The molecule has 0 spiro atoms. The Hall–Kier alpha value is -3.13. The number of carbonyl (C=O) groups is 2. The standard InChI is InChI=1S/C18H19FN2O5/c1-25-14-7-13(8-15(9-14)26-2)21-18(24)17(23)20-10-16(22)11-4-3-5-12(19)6-11/h3-9,16,22H,10H2,1-2H3,(H,20,23)(H,21,24). The third-order valence-corrected chi connectivity index (χ3v) is 3.50. The Morgan fingerprint density at radius 2 is 1.73 bits per heavy atom. The average Bonchev–Trinajstić information content (AvgIpc) is 2.65. The maximum absolute atomic E-state index is 13.1. The number of halogens is 1. The van der Waals surface area contributed by atoms with Gasteiger partial charge in [0.05, 0.1) is 20.3 Å². The maximum Gasteiger partial charge on any atom is 0.313 e. The monoisotopic (exact) mass is 362 g/mol. The average molecular weight is 362 g/mol. The number of methoxy groups -OCH3 is 2. The lowest BCUT2D eigenvalue weighted by Crippen LogP contribution is -2.37. The first-order valence-corrected chi connectivity index (χ1v) is 7.68. The third-order valence-electron chi connectivity index (χ3n) is 3.50. The molecule has 2 amide bonds. The van der Waals surface area contributed by atoms with E-state index in [1.54, 1.807) is 6.07 Å². The number of hydrogen-bond donors (Lipinski definition) is 3. The topological polar surface area (TPSA) is 96.9 Å². The van der Waals surface area contributed by atoms with Crippen molar-refractivity contribution in [2.24, 2.45) is 0 Å². The van der Waals surface area contributed by atoms with E-state index in [0.717, 1.165) is 6.07 Å². The molecular weight excluding hydrogens is 343 g/mol. The normalized spacial score (nSPS) is 11.4. The van der Waals surface area contributed by atoms with Crippen molar-refractivity contribution in [3.05, 3.63) is 53.8 Å². The van der Waals surface area contributed by atoms with E-state index in [0.29, 0.717) is 22.7 Å². The van der Waals surface area contributed by atoms with E-state index in [-0.39, 0.29) is 6.54 Å². The van der Waals surface area contributed by atoms with Crippen LogP contribution in [0.2, 0.25) is 0 Å². The van der Waals surface area contributed by atoms with Gasteiger partial charge in [-0.25, -0.2) is 4.39 Å². The predicted octanol–water partition coefficient (Wildman–Crippen LogP) is 1.63. The zero-order valence-electron chi connectivity index (χ0n) is 14.3. The highest BCUT2D eigenvalue weighted by Crippen LogP contribution is 2.25. The van der Waals surface area contributed by atoms with E-state index in [9.17, 15) is 19.1 Å². The largest absolute Gasteiger partial charge is 0.497 e. The van der Waals surface area contributed by atoms with Gasteiger partial charge in [0, 0.05) is 30.4 Å². The summed E-state index contributed by atoms with van der Waals surface area (Å²) in [6.07, 6.45) is -1.14. The van der Waals surface area contributed by atoms with Gasteiger partial charge in [-0.05, 0) is 17.7 Å². The van der Waals surface area contributed by atoms with Gasteiger partial charge in [-0.15, -0.1) is 0 Å². The maximum atomic E-state index is 13.1. The summed E-state index contributed by atoms with van der Waals surface area (Å²) in [5.41, 5.74) is 0.607. The van der Waals surface area contributed by atoms with Gasteiger partial charge in [0.2, 0.25) is 0 Å². The van der Waals surface area contributed by atoms with Crippen LogP contribution in [-0.2, 0) is 9.59 Å². The number of carbonyl (C=O) groups excluding carboxylic acids is 2. The zero-order valence-corrected chi connectivity index (χ0v) is 14.3. The van der Waals surface area contributed by atoms with Crippen LogP contribution in [0.4, 0.5) is 10.1 Å². The lowest BCUT2D eigenvalue weighted by molar-refractivity contribution is -0.136. The van der Waals surface area contributed by atoms with Crippen molar-refractivity contribution in [3.8, 4) is 11.5 Å². The molecule has 0 radical (unpaired) electrons. The number of benzene rings is 2. The van der Waals surface area contributed by atoms with Crippen LogP contribution in [0.25, 0.3) is 0 Å². The molecule has 0 aliphatic heterocycles. The number of hydrogen-bond acceptors (Lipinski definition) is 5. The smallest absolute Gasteiger partial charge is 0.313 e. The lowest BCUT2D eigenvalue weighted by atomic mass is 10.1. The SMILES string of the molecule is COc1cc(NC(=O)C(=O)NCC(O)c2cccc(F)c2)cc(OC)c1. The Balaban J connectivity index is 1.94. The van der Waals surface area contributed by atoms with Crippen LogP contribution in [0.1, 0.15) is 11.7 Å². The molecule has 1 atom stereocenters. The fraction of sp³-hybridized carbons (Fsp3) is 0.222. The molecule has 0 aromatic heterocycles. The summed E-state index contributed by atoms with van der Waals surface area (Å²) in [6.45, 7) is -0.239. The third kappa shape index (κ3) is 5.18. The molecule has 1 unspecified atom stereocenters. The zero-order chi connectivity index (χ0) is 19.1. The molecule has 2 aromatic carbocycles. The van der Waals surface area contributed by atoms with Gasteiger partial charge < -0.3 is 25.2 Å².